The lowest BCUT2D eigenvalue weighted by atomic mass is 10.2. The number of anilines is 1. The summed E-state index contributed by atoms with van der Waals surface area (Å²) in [6.45, 7) is 2.52. The van der Waals surface area contributed by atoms with Crippen molar-refractivity contribution in [2.75, 3.05) is 5.32 Å². The molecule has 3 aromatic rings. The van der Waals surface area contributed by atoms with Gasteiger partial charge in [0.1, 0.15) is 0 Å². The highest BCUT2D eigenvalue weighted by Crippen LogP contribution is 2.22. The molecule has 2 aromatic carbocycles. The van der Waals surface area contributed by atoms with Crippen molar-refractivity contribution in [3.05, 3.63) is 63.4 Å². The minimum Gasteiger partial charge on any atom is -0.419 e. The number of aryl methyl sites for hydroxylation is 1. The van der Waals surface area contributed by atoms with Gasteiger partial charge in [-0.05, 0) is 55.0 Å². The van der Waals surface area contributed by atoms with Crippen LogP contribution in [-0.4, -0.2) is 10.2 Å². The highest BCUT2D eigenvalue weighted by atomic mass is 79.9. The Balaban J connectivity index is 1.70. The number of hydrogen-bond donors (Lipinski definition) is 1. The number of nitrogens with one attached hydrogen (secondary N) is 1. The Bertz CT molecular complexity index is 786. The van der Waals surface area contributed by atoms with E-state index in [1.807, 2.05) is 31.2 Å². The summed E-state index contributed by atoms with van der Waals surface area (Å²) < 4.78 is 6.71. The molecule has 0 saturated heterocycles. The van der Waals surface area contributed by atoms with Gasteiger partial charge in [-0.2, -0.15) is 0 Å². The molecule has 0 aliphatic heterocycles. The SMILES string of the molecule is Cc1cc(Br)ccc1NCc1nnc(-c2ccc(Cl)cc2)o1. The lowest BCUT2D eigenvalue weighted by Crippen LogP contribution is -2.01. The second-order valence-corrected chi connectivity index (χ2v) is 6.17. The van der Waals surface area contributed by atoms with Crippen molar-refractivity contribution in [2.24, 2.45) is 0 Å². The van der Waals surface area contributed by atoms with E-state index in [-0.39, 0.29) is 0 Å². The molecular formula is C16H13BrClN3O. The molecule has 22 heavy (non-hydrogen) atoms. The third-order valence-corrected chi connectivity index (χ3v) is 3.92. The number of halogens is 2. The molecule has 0 radical (unpaired) electrons. The van der Waals surface area contributed by atoms with Crippen LogP contribution in [0.1, 0.15) is 11.5 Å². The van der Waals surface area contributed by atoms with Crippen molar-refractivity contribution in [1.82, 2.24) is 10.2 Å². The van der Waals surface area contributed by atoms with E-state index in [1.165, 1.54) is 0 Å². The van der Waals surface area contributed by atoms with Gasteiger partial charge in [0, 0.05) is 20.7 Å². The molecule has 0 aliphatic rings. The summed E-state index contributed by atoms with van der Waals surface area (Å²) in [6.07, 6.45) is 0. The Hall–Kier alpha value is -1.85. The van der Waals surface area contributed by atoms with Gasteiger partial charge in [0.15, 0.2) is 0 Å². The monoisotopic (exact) mass is 377 g/mol. The normalized spacial score (nSPS) is 10.7. The van der Waals surface area contributed by atoms with Crippen molar-refractivity contribution in [3.63, 3.8) is 0 Å². The number of aromatic nitrogens is 2. The summed E-state index contributed by atoms with van der Waals surface area (Å²) in [4.78, 5) is 0. The number of nitrogens with zero attached hydrogens (tertiary/aromatic N) is 2. The molecule has 0 saturated carbocycles. The van der Waals surface area contributed by atoms with Gasteiger partial charge >= 0.3 is 0 Å². The number of rotatable bonds is 4. The zero-order valence-corrected chi connectivity index (χ0v) is 14.1. The average Bonchev–Trinajstić information content (AvgIpc) is 2.96. The first-order valence-electron chi connectivity index (χ1n) is 6.70. The fourth-order valence-corrected chi connectivity index (χ4v) is 2.63. The maximum absolute atomic E-state index is 5.87. The van der Waals surface area contributed by atoms with E-state index in [0.717, 1.165) is 21.3 Å². The van der Waals surface area contributed by atoms with E-state index in [9.17, 15) is 0 Å². The molecule has 3 rings (SSSR count). The van der Waals surface area contributed by atoms with Crippen LogP contribution in [-0.2, 0) is 6.54 Å². The van der Waals surface area contributed by atoms with Crippen LogP contribution in [0.4, 0.5) is 5.69 Å². The van der Waals surface area contributed by atoms with Gasteiger partial charge in [0.05, 0.1) is 6.54 Å². The highest BCUT2D eigenvalue weighted by molar-refractivity contribution is 9.10. The van der Waals surface area contributed by atoms with Crippen molar-refractivity contribution in [3.8, 4) is 11.5 Å². The Kier molecular flexibility index (Phi) is 4.45. The molecule has 0 unspecified atom stereocenters. The van der Waals surface area contributed by atoms with Crippen LogP contribution in [0.25, 0.3) is 11.5 Å². The smallest absolute Gasteiger partial charge is 0.247 e. The van der Waals surface area contributed by atoms with Crippen LogP contribution in [0.15, 0.2) is 51.4 Å². The standard InChI is InChI=1S/C16H13BrClN3O/c1-10-8-12(17)4-7-14(10)19-9-15-20-21-16(22-15)11-2-5-13(18)6-3-11/h2-8,19H,9H2,1H3. The predicted molar refractivity (Wildman–Crippen MR) is 90.9 cm³/mol. The molecule has 0 atom stereocenters. The van der Waals surface area contributed by atoms with Gasteiger partial charge in [0.2, 0.25) is 11.8 Å². The Labute approximate surface area is 141 Å². The van der Waals surface area contributed by atoms with Gasteiger partial charge < -0.3 is 9.73 Å². The molecule has 0 fully saturated rings. The first-order chi connectivity index (χ1) is 10.6. The molecule has 1 aromatic heterocycles. The molecule has 6 heteroatoms. The summed E-state index contributed by atoms with van der Waals surface area (Å²) in [7, 11) is 0. The van der Waals surface area contributed by atoms with E-state index >= 15 is 0 Å². The molecule has 0 spiro atoms. The van der Waals surface area contributed by atoms with Crippen molar-refractivity contribution >= 4 is 33.2 Å². The second-order valence-electron chi connectivity index (χ2n) is 4.82. The van der Waals surface area contributed by atoms with Crippen molar-refractivity contribution in [2.45, 2.75) is 13.5 Å². The quantitative estimate of drug-likeness (QED) is 0.688. The Morgan fingerprint density at radius 1 is 1.14 bits per heavy atom. The molecule has 4 nitrogen and oxygen atoms in total. The van der Waals surface area contributed by atoms with Crippen LogP contribution in [0.5, 0.6) is 0 Å². The zero-order chi connectivity index (χ0) is 15.5. The fourth-order valence-electron chi connectivity index (χ4n) is 2.03. The summed E-state index contributed by atoms with van der Waals surface area (Å²) in [5.74, 6) is 1.02. The molecule has 0 amide bonds. The topological polar surface area (TPSA) is 51.0 Å². The third kappa shape index (κ3) is 3.48. The fraction of sp³-hybridized carbons (Fsp3) is 0.125. The average molecular weight is 379 g/mol. The number of hydrogen-bond acceptors (Lipinski definition) is 4. The van der Waals surface area contributed by atoms with E-state index in [0.29, 0.717) is 23.3 Å². The van der Waals surface area contributed by atoms with Gasteiger partial charge in [-0.25, -0.2) is 0 Å². The minimum atomic E-state index is 0.475. The van der Waals surface area contributed by atoms with Crippen LogP contribution in [0, 0.1) is 6.92 Å². The predicted octanol–water partition coefficient (Wildman–Crippen LogP) is 5.07. The summed E-state index contributed by atoms with van der Waals surface area (Å²) in [5.41, 5.74) is 3.03. The van der Waals surface area contributed by atoms with Crippen LogP contribution >= 0.6 is 27.5 Å². The van der Waals surface area contributed by atoms with Crippen molar-refractivity contribution < 1.29 is 4.42 Å². The van der Waals surface area contributed by atoms with Crippen LogP contribution in [0.3, 0.4) is 0 Å². The largest absolute Gasteiger partial charge is 0.419 e. The Morgan fingerprint density at radius 3 is 2.64 bits per heavy atom. The molecule has 1 N–H and O–H groups in total. The number of benzene rings is 2. The van der Waals surface area contributed by atoms with Crippen LogP contribution < -0.4 is 5.32 Å². The first-order valence-corrected chi connectivity index (χ1v) is 7.87. The lowest BCUT2D eigenvalue weighted by molar-refractivity contribution is 0.515. The Morgan fingerprint density at radius 2 is 1.91 bits per heavy atom. The maximum atomic E-state index is 5.87. The van der Waals surface area contributed by atoms with E-state index in [1.54, 1.807) is 12.1 Å². The molecule has 0 aliphatic carbocycles. The highest BCUT2D eigenvalue weighted by Gasteiger charge is 2.09. The van der Waals surface area contributed by atoms with Gasteiger partial charge in [-0.1, -0.05) is 27.5 Å². The van der Waals surface area contributed by atoms with Crippen molar-refractivity contribution in [1.29, 1.82) is 0 Å². The summed E-state index contributed by atoms with van der Waals surface area (Å²) in [6, 6.07) is 13.3. The van der Waals surface area contributed by atoms with E-state index in [2.05, 4.69) is 37.5 Å². The molecule has 112 valence electrons. The molecular weight excluding hydrogens is 366 g/mol. The minimum absolute atomic E-state index is 0.475. The summed E-state index contributed by atoms with van der Waals surface area (Å²) >= 11 is 9.32. The first kappa shape index (κ1) is 15.1. The molecule has 0 bridgehead atoms. The molecule has 1 heterocycles. The van der Waals surface area contributed by atoms with Gasteiger partial charge in [0.25, 0.3) is 0 Å². The van der Waals surface area contributed by atoms with E-state index in [4.69, 9.17) is 16.0 Å². The third-order valence-electron chi connectivity index (χ3n) is 3.18. The summed E-state index contributed by atoms with van der Waals surface area (Å²) in [5, 5.41) is 12.1. The van der Waals surface area contributed by atoms with Crippen LogP contribution in [0.2, 0.25) is 5.02 Å². The van der Waals surface area contributed by atoms with Gasteiger partial charge in [-0.15, -0.1) is 10.2 Å². The maximum Gasteiger partial charge on any atom is 0.247 e. The zero-order valence-electron chi connectivity index (χ0n) is 11.8. The second kappa shape index (κ2) is 6.50. The van der Waals surface area contributed by atoms with Gasteiger partial charge in [-0.3, -0.25) is 0 Å². The van der Waals surface area contributed by atoms with E-state index < -0.39 is 0 Å². The lowest BCUT2D eigenvalue weighted by Gasteiger charge is -2.07.